The Morgan fingerprint density at radius 2 is 1.90 bits per heavy atom. The zero-order valence-electron chi connectivity index (χ0n) is 13.7. The van der Waals surface area contributed by atoms with Crippen LogP contribution in [-0.2, 0) is 6.42 Å². The maximum absolute atomic E-state index is 5.43. The molecule has 0 bridgehead atoms. The number of nitrogens with zero attached hydrogens (tertiary/aromatic N) is 1. The Morgan fingerprint density at radius 3 is 2.52 bits per heavy atom. The molecule has 1 fully saturated rings. The highest BCUT2D eigenvalue weighted by atomic mass is 16.5. The first-order valence-corrected chi connectivity index (χ1v) is 8.22. The van der Waals surface area contributed by atoms with Crippen molar-refractivity contribution in [2.24, 2.45) is 11.8 Å². The summed E-state index contributed by atoms with van der Waals surface area (Å²) >= 11 is 0. The Morgan fingerprint density at radius 1 is 1.19 bits per heavy atom. The van der Waals surface area contributed by atoms with Crippen LogP contribution >= 0.6 is 0 Å². The number of benzene rings is 1. The SMILES string of the molecule is CNC1c2cc(OC)ccc2CCC1N1CC(C)C(C)C1. The highest BCUT2D eigenvalue weighted by molar-refractivity contribution is 5.40. The molecule has 1 aromatic rings. The first-order valence-electron chi connectivity index (χ1n) is 8.22. The first kappa shape index (κ1) is 14.9. The molecule has 3 nitrogen and oxygen atoms in total. The van der Waals surface area contributed by atoms with E-state index < -0.39 is 0 Å². The van der Waals surface area contributed by atoms with Gasteiger partial charge < -0.3 is 10.1 Å². The molecule has 3 heteroatoms. The van der Waals surface area contributed by atoms with Gasteiger partial charge in [-0.25, -0.2) is 0 Å². The molecule has 1 aromatic carbocycles. The molecule has 0 radical (unpaired) electrons. The van der Waals surface area contributed by atoms with Crippen molar-refractivity contribution in [3.63, 3.8) is 0 Å². The summed E-state index contributed by atoms with van der Waals surface area (Å²) in [5.41, 5.74) is 2.91. The second-order valence-corrected chi connectivity index (χ2v) is 6.85. The van der Waals surface area contributed by atoms with Crippen LogP contribution in [0.3, 0.4) is 0 Å². The van der Waals surface area contributed by atoms with Gasteiger partial charge in [0, 0.05) is 25.2 Å². The van der Waals surface area contributed by atoms with Crippen LogP contribution in [0.5, 0.6) is 5.75 Å². The van der Waals surface area contributed by atoms with Crippen molar-refractivity contribution >= 4 is 0 Å². The summed E-state index contributed by atoms with van der Waals surface area (Å²) in [6.07, 6.45) is 2.44. The van der Waals surface area contributed by atoms with Gasteiger partial charge in [0.15, 0.2) is 0 Å². The number of likely N-dealkylation sites (tertiary alicyclic amines) is 1. The lowest BCUT2D eigenvalue weighted by Gasteiger charge is -2.39. The lowest BCUT2D eigenvalue weighted by Crippen LogP contribution is -2.45. The van der Waals surface area contributed by atoms with Crippen LogP contribution < -0.4 is 10.1 Å². The minimum absolute atomic E-state index is 0.418. The van der Waals surface area contributed by atoms with E-state index in [1.165, 1.54) is 37.1 Å². The van der Waals surface area contributed by atoms with Gasteiger partial charge >= 0.3 is 0 Å². The molecule has 4 unspecified atom stereocenters. The second kappa shape index (κ2) is 5.98. The predicted molar refractivity (Wildman–Crippen MR) is 86.8 cm³/mol. The fourth-order valence-corrected chi connectivity index (χ4v) is 4.08. The van der Waals surface area contributed by atoms with Gasteiger partial charge in [0.1, 0.15) is 5.75 Å². The Balaban J connectivity index is 1.87. The maximum atomic E-state index is 5.43. The summed E-state index contributed by atoms with van der Waals surface area (Å²) in [6.45, 7) is 7.25. The Labute approximate surface area is 128 Å². The van der Waals surface area contributed by atoms with Gasteiger partial charge in [0.25, 0.3) is 0 Å². The van der Waals surface area contributed by atoms with Gasteiger partial charge in [-0.3, -0.25) is 4.90 Å². The molecule has 0 aromatic heterocycles. The maximum Gasteiger partial charge on any atom is 0.119 e. The summed E-state index contributed by atoms with van der Waals surface area (Å²) in [5, 5.41) is 3.57. The van der Waals surface area contributed by atoms with Gasteiger partial charge in [-0.2, -0.15) is 0 Å². The number of rotatable bonds is 3. The minimum atomic E-state index is 0.418. The van der Waals surface area contributed by atoms with Crippen molar-refractivity contribution in [1.82, 2.24) is 10.2 Å². The number of fused-ring (bicyclic) bond motifs is 1. The molecule has 1 aliphatic heterocycles. The first-order chi connectivity index (χ1) is 10.1. The smallest absolute Gasteiger partial charge is 0.119 e. The van der Waals surface area contributed by atoms with Crippen molar-refractivity contribution in [2.45, 2.75) is 38.8 Å². The van der Waals surface area contributed by atoms with E-state index in [1.54, 1.807) is 7.11 Å². The molecule has 4 atom stereocenters. The normalized spacial score (nSPS) is 33.0. The predicted octanol–water partition coefficient (Wildman–Crippen LogP) is 2.86. The van der Waals surface area contributed by atoms with E-state index in [9.17, 15) is 0 Å². The van der Waals surface area contributed by atoms with Crippen molar-refractivity contribution in [3.05, 3.63) is 29.3 Å². The molecule has 116 valence electrons. The van der Waals surface area contributed by atoms with E-state index in [-0.39, 0.29) is 0 Å². The molecular formula is C18H28N2O. The zero-order valence-corrected chi connectivity index (χ0v) is 13.7. The Bertz CT molecular complexity index is 492. The fourth-order valence-electron chi connectivity index (χ4n) is 4.08. The quantitative estimate of drug-likeness (QED) is 0.925. The third-order valence-electron chi connectivity index (χ3n) is 5.58. The van der Waals surface area contributed by atoms with Gasteiger partial charge in [-0.15, -0.1) is 0 Å². The van der Waals surface area contributed by atoms with Crippen LogP contribution in [0, 0.1) is 11.8 Å². The Hall–Kier alpha value is -1.06. The molecule has 1 aliphatic carbocycles. The molecule has 21 heavy (non-hydrogen) atoms. The number of ether oxygens (including phenoxy) is 1. The highest BCUT2D eigenvalue weighted by Crippen LogP contribution is 2.37. The van der Waals surface area contributed by atoms with Crippen LogP contribution in [0.15, 0.2) is 18.2 Å². The number of aryl methyl sites for hydroxylation is 1. The topological polar surface area (TPSA) is 24.5 Å². The second-order valence-electron chi connectivity index (χ2n) is 6.85. The van der Waals surface area contributed by atoms with E-state index in [1.807, 2.05) is 0 Å². The van der Waals surface area contributed by atoms with Crippen molar-refractivity contribution in [1.29, 1.82) is 0 Å². The lowest BCUT2D eigenvalue weighted by molar-refractivity contribution is 0.169. The Kier molecular flexibility index (Phi) is 4.23. The van der Waals surface area contributed by atoms with Crippen LogP contribution in [-0.4, -0.2) is 38.2 Å². The molecule has 1 N–H and O–H groups in total. The average Bonchev–Trinajstić information content (AvgIpc) is 2.84. The van der Waals surface area contributed by atoms with Gasteiger partial charge in [-0.1, -0.05) is 19.9 Å². The van der Waals surface area contributed by atoms with Crippen LogP contribution in [0.25, 0.3) is 0 Å². The van der Waals surface area contributed by atoms with Crippen molar-refractivity contribution in [3.8, 4) is 5.75 Å². The van der Waals surface area contributed by atoms with Crippen LogP contribution in [0.2, 0.25) is 0 Å². The molecular weight excluding hydrogens is 260 g/mol. The number of likely N-dealkylation sites (N-methyl/N-ethyl adjacent to an activating group) is 1. The molecule has 0 spiro atoms. The number of nitrogens with one attached hydrogen (secondary N) is 1. The summed E-state index contributed by atoms with van der Waals surface area (Å²) in [5.74, 6) is 2.60. The molecule has 2 aliphatic rings. The third kappa shape index (κ3) is 2.69. The number of methoxy groups -OCH3 is 1. The fraction of sp³-hybridized carbons (Fsp3) is 0.667. The molecule has 3 rings (SSSR count). The van der Waals surface area contributed by atoms with Crippen LogP contribution in [0.4, 0.5) is 0 Å². The standard InChI is InChI=1S/C18H28N2O/c1-12-10-20(11-13(12)2)17-8-6-14-5-7-15(21-4)9-16(14)18(17)19-3/h5,7,9,12-13,17-19H,6,8,10-11H2,1-4H3. The minimum Gasteiger partial charge on any atom is -0.497 e. The molecule has 1 saturated heterocycles. The monoisotopic (exact) mass is 288 g/mol. The summed E-state index contributed by atoms with van der Waals surface area (Å²) in [6, 6.07) is 7.59. The average molecular weight is 288 g/mol. The lowest BCUT2D eigenvalue weighted by atomic mass is 9.83. The van der Waals surface area contributed by atoms with E-state index in [2.05, 4.69) is 49.3 Å². The third-order valence-corrected chi connectivity index (χ3v) is 5.58. The summed E-state index contributed by atoms with van der Waals surface area (Å²) in [4.78, 5) is 2.71. The largest absolute Gasteiger partial charge is 0.497 e. The van der Waals surface area contributed by atoms with Gasteiger partial charge in [0.2, 0.25) is 0 Å². The van der Waals surface area contributed by atoms with E-state index in [0.717, 1.165) is 17.6 Å². The zero-order chi connectivity index (χ0) is 15.0. The highest BCUT2D eigenvalue weighted by Gasteiger charge is 2.37. The van der Waals surface area contributed by atoms with Gasteiger partial charge in [-0.05, 0) is 55.0 Å². The van der Waals surface area contributed by atoms with Crippen molar-refractivity contribution < 1.29 is 4.74 Å². The molecule has 0 saturated carbocycles. The summed E-state index contributed by atoms with van der Waals surface area (Å²) in [7, 11) is 3.84. The number of hydrogen-bond donors (Lipinski definition) is 1. The molecule has 0 amide bonds. The van der Waals surface area contributed by atoms with E-state index in [0.29, 0.717) is 12.1 Å². The van der Waals surface area contributed by atoms with Crippen LogP contribution in [0.1, 0.15) is 37.4 Å². The van der Waals surface area contributed by atoms with Gasteiger partial charge in [0.05, 0.1) is 7.11 Å². The van der Waals surface area contributed by atoms with Crippen molar-refractivity contribution in [2.75, 3.05) is 27.2 Å². The summed E-state index contributed by atoms with van der Waals surface area (Å²) < 4.78 is 5.43. The van der Waals surface area contributed by atoms with E-state index in [4.69, 9.17) is 4.74 Å². The van der Waals surface area contributed by atoms with E-state index >= 15 is 0 Å². The molecule has 1 heterocycles. The number of hydrogen-bond acceptors (Lipinski definition) is 3.